The number of ketones is 1. The maximum absolute atomic E-state index is 12.7. The molecule has 0 saturated carbocycles. The molecular weight excluding hydrogens is 333 g/mol. The van der Waals surface area contributed by atoms with Crippen LogP contribution >= 0.6 is 23.2 Å². The van der Waals surface area contributed by atoms with Crippen molar-refractivity contribution < 1.29 is 9.21 Å². The van der Waals surface area contributed by atoms with Gasteiger partial charge in [0.15, 0.2) is 5.76 Å². The molecule has 3 nitrogen and oxygen atoms in total. The van der Waals surface area contributed by atoms with Crippen molar-refractivity contribution in [2.45, 2.75) is 19.3 Å². The van der Waals surface area contributed by atoms with Crippen LogP contribution in [0.3, 0.4) is 0 Å². The lowest BCUT2D eigenvalue weighted by Gasteiger charge is -2.01. The van der Waals surface area contributed by atoms with Crippen molar-refractivity contribution in [3.63, 3.8) is 0 Å². The van der Waals surface area contributed by atoms with E-state index in [0.29, 0.717) is 26.9 Å². The average Bonchev–Trinajstić information content (AvgIpc) is 3.12. The summed E-state index contributed by atoms with van der Waals surface area (Å²) in [7, 11) is 0. The first-order valence-corrected chi connectivity index (χ1v) is 8.13. The number of halogens is 2. The van der Waals surface area contributed by atoms with Gasteiger partial charge in [0.25, 0.3) is 0 Å². The minimum atomic E-state index is -0.294. The Morgan fingerprint density at radius 1 is 1.04 bits per heavy atom. The molecule has 0 unspecified atom stereocenters. The summed E-state index contributed by atoms with van der Waals surface area (Å²) in [5.74, 6) is -0.139. The van der Waals surface area contributed by atoms with Gasteiger partial charge in [-0.25, -0.2) is 0 Å². The Hall–Kier alpha value is -1.97. The topological polar surface area (TPSA) is 56.2 Å². The van der Waals surface area contributed by atoms with Crippen molar-refractivity contribution in [3.8, 4) is 0 Å². The summed E-state index contributed by atoms with van der Waals surface area (Å²) in [6.07, 6.45) is 3.24. The molecule has 3 aromatic rings. The number of benzene rings is 2. The summed E-state index contributed by atoms with van der Waals surface area (Å²) in [5.41, 5.74) is 10.2. The predicted molar refractivity (Wildman–Crippen MR) is 92.5 cm³/mol. The third-order valence-electron chi connectivity index (χ3n) is 4.33. The van der Waals surface area contributed by atoms with Gasteiger partial charge in [0.05, 0.1) is 15.7 Å². The van der Waals surface area contributed by atoms with Gasteiger partial charge >= 0.3 is 0 Å². The molecule has 23 heavy (non-hydrogen) atoms. The average molecular weight is 346 g/mol. The SMILES string of the molecule is Nc1c(C(=O)c2ccc(Cl)c(Cl)c2)oc2cc3c(cc12)CCC3. The third kappa shape index (κ3) is 2.32. The fourth-order valence-electron chi connectivity index (χ4n) is 3.12. The molecule has 0 spiro atoms. The maximum atomic E-state index is 12.7. The van der Waals surface area contributed by atoms with E-state index in [0.717, 1.165) is 24.6 Å². The van der Waals surface area contributed by atoms with Crippen molar-refractivity contribution in [1.29, 1.82) is 0 Å². The Labute approximate surface area is 143 Å². The van der Waals surface area contributed by atoms with Crippen LogP contribution in [0.25, 0.3) is 11.0 Å². The van der Waals surface area contributed by atoms with Crippen molar-refractivity contribution in [1.82, 2.24) is 0 Å². The summed E-state index contributed by atoms with van der Waals surface area (Å²) in [4.78, 5) is 12.7. The second kappa shape index (κ2) is 5.29. The van der Waals surface area contributed by atoms with Gasteiger partial charge in [-0.2, -0.15) is 0 Å². The molecule has 0 bridgehead atoms. The predicted octanol–water partition coefficient (Wildman–Crippen LogP) is 5.04. The van der Waals surface area contributed by atoms with Crippen LogP contribution in [0.2, 0.25) is 10.0 Å². The highest BCUT2D eigenvalue weighted by Crippen LogP contribution is 2.35. The van der Waals surface area contributed by atoms with Gasteiger partial charge in [0.1, 0.15) is 5.58 Å². The molecule has 2 N–H and O–H groups in total. The van der Waals surface area contributed by atoms with Crippen molar-refractivity contribution in [2.24, 2.45) is 0 Å². The molecule has 0 radical (unpaired) electrons. The van der Waals surface area contributed by atoms with Crippen LogP contribution in [0.4, 0.5) is 5.69 Å². The lowest BCUT2D eigenvalue weighted by Crippen LogP contribution is -2.03. The first-order valence-electron chi connectivity index (χ1n) is 7.38. The normalized spacial score (nSPS) is 13.5. The zero-order valence-corrected chi connectivity index (χ0v) is 13.7. The zero-order chi connectivity index (χ0) is 16.1. The molecule has 1 aliphatic rings. The van der Waals surface area contributed by atoms with Crippen molar-refractivity contribution in [3.05, 3.63) is 62.8 Å². The Balaban J connectivity index is 1.83. The molecule has 0 atom stereocenters. The second-order valence-corrected chi connectivity index (χ2v) is 6.59. The van der Waals surface area contributed by atoms with E-state index in [-0.39, 0.29) is 11.5 Å². The summed E-state index contributed by atoms with van der Waals surface area (Å²) in [5, 5.41) is 1.53. The summed E-state index contributed by atoms with van der Waals surface area (Å²) < 4.78 is 5.76. The van der Waals surface area contributed by atoms with E-state index in [4.69, 9.17) is 33.4 Å². The molecule has 0 fully saturated rings. The van der Waals surface area contributed by atoms with Gasteiger partial charge in [-0.1, -0.05) is 23.2 Å². The van der Waals surface area contributed by atoms with Gasteiger partial charge in [0.2, 0.25) is 5.78 Å². The van der Waals surface area contributed by atoms with Crippen LogP contribution in [0.1, 0.15) is 33.7 Å². The van der Waals surface area contributed by atoms with E-state index in [2.05, 4.69) is 0 Å². The van der Waals surface area contributed by atoms with Gasteiger partial charge in [-0.15, -0.1) is 0 Å². The minimum absolute atomic E-state index is 0.155. The number of nitrogen functional groups attached to an aromatic ring is 1. The highest BCUT2D eigenvalue weighted by molar-refractivity contribution is 6.42. The fourth-order valence-corrected chi connectivity index (χ4v) is 3.42. The quantitative estimate of drug-likeness (QED) is 0.661. The molecule has 0 amide bonds. The molecule has 1 aromatic heterocycles. The van der Waals surface area contributed by atoms with E-state index in [1.165, 1.54) is 17.2 Å². The highest BCUT2D eigenvalue weighted by atomic mass is 35.5. The Kier molecular flexibility index (Phi) is 3.36. The smallest absolute Gasteiger partial charge is 0.230 e. The van der Waals surface area contributed by atoms with E-state index in [1.807, 2.05) is 12.1 Å². The largest absolute Gasteiger partial charge is 0.450 e. The van der Waals surface area contributed by atoms with Crippen LogP contribution in [-0.4, -0.2) is 5.78 Å². The standard InChI is InChI=1S/C18H13Cl2NO2/c19-13-5-4-11(7-14(13)20)17(22)18-16(21)12-6-9-2-1-3-10(9)8-15(12)23-18/h4-8H,1-3,21H2. The number of hydrogen-bond acceptors (Lipinski definition) is 3. The summed E-state index contributed by atoms with van der Waals surface area (Å²) in [6.45, 7) is 0. The summed E-state index contributed by atoms with van der Waals surface area (Å²) >= 11 is 11.9. The Morgan fingerprint density at radius 2 is 1.78 bits per heavy atom. The van der Waals surface area contributed by atoms with Crippen LogP contribution in [0, 0.1) is 0 Å². The molecule has 1 heterocycles. The zero-order valence-electron chi connectivity index (χ0n) is 12.2. The fraction of sp³-hybridized carbons (Fsp3) is 0.167. The van der Waals surface area contributed by atoms with Crippen LogP contribution in [0.15, 0.2) is 34.7 Å². The number of furan rings is 1. The van der Waals surface area contributed by atoms with E-state index in [9.17, 15) is 4.79 Å². The van der Waals surface area contributed by atoms with E-state index < -0.39 is 0 Å². The van der Waals surface area contributed by atoms with Gasteiger partial charge in [-0.05, 0) is 60.7 Å². The monoisotopic (exact) mass is 345 g/mol. The first kappa shape index (κ1) is 14.6. The number of hydrogen-bond donors (Lipinski definition) is 1. The molecule has 1 aliphatic carbocycles. The molecule has 116 valence electrons. The van der Waals surface area contributed by atoms with E-state index >= 15 is 0 Å². The lowest BCUT2D eigenvalue weighted by molar-refractivity contribution is 0.101. The maximum Gasteiger partial charge on any atom is 0.230 e. The number of aryl methyl sites for hydroxylation is 2. The van der Waals surface area contributed by atoms with Gasteiger partial charge in [-0.3, -0.25) is 4.79 Å². The van der Waals surface area contributed by atoms with Crippen molar-refractivity contribution >= 4 is 45.6 Å². The van der Waals surface area contributed by atoms with Crippen molar-refractivity contribution in [2.75, 3.05) is 5.73 Å². The lowest BCUT2D eigenvalue weighted by atomic mass is 10.0. The number of nitrogens with two attached hydrogens (primary N) is 1. The second-order valence-electron chi connectivity index (χ2n) is 5.77. The van der Waals surface area contributed by atoms with Crippen LogP contribution < -0.4 is 5.73 Å². The number of anilines is 1. The molecule has 0 aliphatic heterocycles. The molecule has 2 aromatic carbocycles. The van der Waals surface area contributed by atoms with E-state index in [1.54, 1.807) is 12.1 Å². The van der Waals surface area contributed by atoms with Gasteiger partial charge < -0.3 is 10.2 Å². The molecular formula is C18H13Cl2NO2. The number of carbonyl (C=O) groups is 1. The minimum Gasteiger partial charge on any atom is -0.450 e. The number of fused-ring (bicyclic) bond motifs is 2. The molecule has 4 rings (SSSR count). The van der Waals surface area contributed by atoms with Crippen LogP contribution in [-0.2, 0) is 12.8 Å². The number of rotatable bonds is 2. The Bertz CT molecular complexity index is 959. The summed E-state index contributed by atoms with van der Waals surface area (Å²) in [6, 6.07) is 8.77. The van der Waals surface area contributed by atoms with Gasteiger partial charge in [0, 0.05) is 10.9 Å². The Morgan fingerprint density at radius 3 is 2.52 bits per heavy atom. The first-order chi connectivity index (χ1) is 11.0. The highest BCUT2D eigenvalue weighted by Gasteiger charge is 2.23. The molecule has 0 saturated heterocycles. The third-order valence-corrected chi connectivity index (χ3v) is 5.07. The van der Waals surface area contributed by atoms with Crippen LogP contribution in [0.5, 0.6) is 0 Å². The number of carbonyl (C=O) groups excluding carboxylic acids is 1. The molecule has 5 heteroatoms.